The van der Waals surface area contributed by atoms with Gasteiger partial charge in [-0.2, -0.15) is 4.31 Å². The van der Waals surface area contributed by atoms with Crippen LogP contribution in [-0.2, 0) is 29.3 Å². The van der Waals surface area contributed by atoms with E-state index in [0.717, 1.165) is 4.47 Å². The third-order valence-corrected chi connectivity index (χ3v) is 9.83. The van der Waals surface area contributed by atoms with E-state index in [-0.39, 0.29) is 38.9 Å². The largest absolute Gasteiger partial charge is 0.454 e. The van der Waals surface area contributed by atoms with Gasteiger partial charge in [-0.15, -0.1) is 0 Å². The Morgan fingerprint density at radius 3 is 2.03 bits per heavy atom. The zero-order valence-corrected chi connectivity index (χ0v) is 22.6. The lowest BCUT2D eigenvalue weighted by Crippen LogP contribution is -2.40. The van der Waals surface area contributed by atoms with Crippen molar-refractivity contribution in [1.82, 2.24) is 4.31 Å². The predicted octanol–water partition coefficient (Wildman–Crippen LogP) is 3.34. The van der Waals surface area contributed by atoms with Crippen molar-refractivity contribution >= 4 is 47.5 Å². The van der Waals surface area contributed by atoms with Crippen LogP contribution in [0.4, 0.5) is 0 Å². The molecule has 37 heavy (non-hydrogen) atoms. The number of benzene rings is 3. The highest BCUT2D eigenvalue weighted by Gasteiger charge is 2.27. The number of carbonyl (C=O) groups is 2. The molecule has 0 unspecified atom stereocenters. The maximum atomic E-state index is 12.8. The molecule has 1 aliphatic heterocycles. The average molecular weight is 608 g/mol. The van der Waals surface area contributed by atoms with Gasteiger partial charge in [0.15, 0.2) is 12.4 Å². The van der Waals surface area contributed by atoms with E-state index in [0.29, 0.717) is 13.2 Å². The number of morpholine rings is 1. The lowest BCUT2D eigenvalue weighted by molar-refractivity contribution is 0.0474. The number of nitrogens with zero attached hydrogens (tertiary/aromatic N) is 1. The second-order valence-corrected chi connectivity index (χ2v) is 12.8. The molecule has 3 aromatic carbocycles. The fraction of sp³-hybridized carbons (Fsp3) is 0.200. The molecular formula is C25H22BrNO8S2. The van der Waals surface area contributed by atoms with Gasteiger partial charge >= 0.3 is 5.97 Å². The number of rotatable bonds is 8. The van der Waals surface area contributed by atoms with Gasteiger partial charge in [-0.1, -0.05) is 28.1 Å². The first-order valence-electron chi connectivity index (χ1n) is 11.1. The van der Waals surface area contributed by atoms with Crippen LogP contribution < -0.4 is 0 Å². The Morgan fingerprint density at radius 2 is 1.41 bits per heavy atom. The normalized spacial score (nSPS) is 14.7. The highest BCUT2D eigenvalue weighted by atomic mass is 79.9. The van der Waals surface area contributed by atoms with Crippen molar-refractivity contribution in [3.63, 3.8) is 0 Å². The van der Waals surface area contributed by atoms with Gasteiger partial charge in [0.05, 0.1) is 33.5 Å². The first-order valence-corrected chi connectivity index (χ1v) is 14.8. The molecule has 1 aliphatic rings. The molecule has 0 amide bonds. The van der Waals surface area contributed by atoms with Crippen LogP contribution in [0.15, 0.2) is 92.0 Å². The van der Waals surface area contributed by atoms with Crippen molar-refractivity contribution in [2.24, 2.45) is 0 Å². The molecule has 0 aromatic heterocycles. The number of ether oxygens (including phenoxy) is 2. The fourth-order valence-corrected chi connectivity index (χ4v) is 6.56. The molecule has 0 N–H and O–H groups in total. The molecule has 1 heterocycles. The van der Waals surface area contributed by atoms with Crippen LogP contribution in [-0.4, -0.2) is 65.8 Å². The van der Waals surface area contributed by atoms with Crippen molar-refractivity contribution in [2.75, 3.05) is 32.9 Å². The third kappa shape index (κ3) is 6.16. The molecule has 0 bridgehead atoms. The summed E-state index contributed by atoms with van der Waals surface area (Å²) in [6, 6.07) is 16.9. The number of sulfone groups is 1. The van der Waals surface area contributed by atoms with Crippen molar-refractivity contribution < 1.29 is 35.9 Å². The van der Waals surface area contributed by atoms with Gasteiger partial charge in [0, 0.05) is 23.1 Å². The Bertz CT molecular complexity index is 1510. The van der Waals surface area contributed by atoms with Crippen LogP contribution >= 0.6 is 15.9 Å². The summed E-state index contributed by atoms with van der Waals surface area (Å²) in [5.41, 5.74) is 0.143. The van der Waals surface area contributed by atoms with Crippen LogP contribution in [0, 0.1) is 0 Å². The summed E-state index contributed by atoms with van der Waals surface area (Å²) in [5, 5.41) is 0. The van der Waals surface area contributed by atoms with E-state index in [1.54, 1.807) is 12.1 Å². The molecule has 4 rings (SSSR count). The first-order chi connectivity index (χ1) is 17.6. The minimum absolute atomic E-state index is 0.000686. The van der Waals surface area contributed by atoms with E-state index >= 15 is 0 Å². The summed E-state index contributed by atoms with van der Waals surface area (Å²) in [6.07, 6.45) is 0. The van der Waals surface area contributed by atoms with Gasteiger partial charge in [0.2, 0.25) is 19.9 Å². The second kappa shape index (κ2) is 11.2. The Balaban J connectivity index is 1.41. The molecule has 3 aromatic rings. The third-order valence-electron chi connectivity index (χ3n) is 5.62. The van der Waals surface area contributed by atoms with Crippen molar-refractivity contribution in [1.29, 1.82) is 0 Å². The number of hydrogen-bond acceptors (Lipinski definition) is 8. The minimum atomic E-state index is -3.79. The standard InChI is InChI=1S/C25H22BrNO8S2/c26-20-6-10-22(11-7-20)36(30,31)21-8-4-18(5-9-21)25(29)35-17-24(28)19-2-1-3-23(16-19)37(32,33)27-12-14-34-15-13-27/h1-11,16H,12-15,17H2. The SMILES string of the molecule is O=C(COC(=O)c1ccc(S(=O)(=O)c2ccc(Br)cc2)cc1)c1cccc(S(=O)(=O)N2CCOCC2)c1. The Kier molecular flexibility index (Phi) is 8.24. The molecule has 0 aliphatic carbocycles. The Morgan fingerprint density at radius 1 is 0.811 bits per heavy atom. The van der Waals surface area contributed by atoms with E-state index in [2.05, 4.69) is 15.9 Å². The van der Waals surface area contributed by atoms with Gasteiger partial charge in [-0.25, -0.2) is 21.6 Å². The van der Waals surface area contributed by atoms with Gasteiger partial charge in [0.1, 0.15) is 0 Å². The molecule has 1 fully saturated rings. The van der Waals surface area contributed by atoms with E-state index < -0.39 is 38.2 Å². The number of sulfonamides is 1. The molecule has 9 nitrogen and oxygen atoms in total. The first kappa shape index (κ1) is 27.1. The summed E-state index contributed by atoms with van der Waals surface area (Å²) >= 11 is 3.26. The number of ketones is 1. The maximum Gasteiger partial charge on any atom is 0.338 e. The maximum absolute atomic E-state index is 12.8. The average Bonchev–Trinajstić information content (AvgIpc) is 2.92. The van der Waals surface area contributed by atoms with E-state index in [9.17, 15) is 26.4 Å². The molecule has 194 valence electrons. The van der Waals surface area contributed by atoms with Gasteiger partial charge in [-0.05, 0) is 60.7 Å². The van der Waals surface area contributed by atoms with Crippen molar-refractivity contribution in [3.05, 3.63) is 88.4 Å². The van der Waals surface area contributed by atoms with E-state index in [1.165, 1.54) is 65.0 Å². The highest BCUT2D eigenvalue weighted by molar-refractivity contribution is 9.10. The Labute approximate surface area is 223 Å². The fourth-order valence-electron chi connectivity index (χ4n) is 3.58. The summed E-state index contributed by atoms with van der Waals surface area (Å²) in [4.78, 5) is 25.1. The topological polar surface area (TPSA) is 124 Å². The van der Waals surface area contributed by atoms with Gasteiger partial charge < -0.3 is 9.47 Å². The minimum Gasteiger partial charge on any atom is -0.454 e. The lowest BCUT2D eigenvalue weighted by Gasteiger charge is -2.26. The van der Waals surface area contributed by atoms with Crippen LogP contribution in [0.2, 0.25) is 0 Å². The smallest absolute Gasteiger partial charge is 0.338 e. The van der Waals surface area contributed by atoms with Crippen molar-refractivity contribution in [2.45, 2.75) is 14.7 Å². The summed E-state index contributed by atoms with van der Waals surface area (Å²) in [7, 11) is -7.56. The zero-order valence-electron chi connectivity index (χ0n) is 19.4. The molecule has 0 spiro atoms. The number of halogens is 1. The molecule has 0 saturated carbocycles. The summed E-state index contributed by atoms with van der Waals surface area (Å²) in [5.74, 6) is -1.40. The zero-order chi connectivity index (χ0) is 26.6. The summed E-state index contributed by atoms with van der Waals surface area (Å²) in [6.45, 7) is 0.428. The number of carbonyl (C=O) groups excluding carboxylic acids is 2. The number of Topliss-reactive ketones (excluding diaryl/α,β-unsaturated/α-hetero) is 1. The van der Waals surface area contributed by atoms with E-state index in [1.807, 2.05) is 0 Å². The molecule has 1 saturated heterocycles. The second-order valence-electron chi connectivity index (χ2n) is 8.03. The van der Waals surface area contributed by atoms with Crippen LogP contribution in [0.5, 0.6) is 0 Å². The Hall–Kier alpha value is -2.90. The van der Waals surface area contributed by atoms with Crippen LogP contribution in [0.1, 0.15) is 20.7 Å². The number of hydrogen-bond donors (Lipinski definition) is 0. The monoisotopic (exact) mass is 607 g/mol. The highest BCUT2D eigenvalue weighted by Crippen LogP contribution is 2.23. The van der Waals surface area contributed by atoms with Crippen LogP contribution in [0.25, 0.3) is 0 Å². The van der Waals surface area contributed by atoms with Gasteiger partial charge in [-0.3, -0.25) is 4.79 Å². The van der Waals surface area contributed by atoms with E-state index in [4.69, 9.17) is 9.47 Å². The number of esters is 1. The predicted molar refractivity (Wildman–Crippen MR) is 137 cm³/mol. The summed E-state index contributed by atoms with van der Waals surface area (Å²) < 4.78 is 63.5. The van der Waals surface area contributed by atoms with Gasteiger partial charge in [0.25, 0.3) is 0 Å². The molecular weight excluding hydrogens is 586 g/mol. The quantitative estimate of drug-likeness (QED) is 0.282. The molecule has 0 radical (unpaired) electrons. The molecule has 0 atom stereocenters. The molecule has 12 heteroatoms. The lowest BCUT2D eigenvalue weighted by atomic mass is 10.1. The van der Waals surface area contributed by atoms with Crippen LogP contribution in [0.3, 0.4) is 0 Å². The van der Waals surface area contributed by atoms with Crippen molar-refractivity contribution in [3.8, 4) is 0 Å².